The van der Waals surface area contributed by atoms with Crippen molar-refractivity contribution in [3.63, 3.8) is 0 Å². The Hall–Kier alpha value is -2.14. The Kier molecular flexibility index (Phi) is 2.93. The number of rotatable bonds is 2. The monoisotopic (exact) mass is 233 g/mol. The average Bonchev–Trinajstić information content (AvgIpc) is 2.26. The highest BCUT2D eigenvalue weighted by molar-refractivity contribution is 5.82. The molecule has 1 aromatic heterocycles. The summed E-state index contributed by atoms with van der Waals surface area (Å²) in [6.07, 6.45) is 0. The van der Waals surface area contributed by atoms with E-state index in [4.69, 9.17) is 14.9 Å². The first-order chi connectivity index (χ1) is 8.10. The van der Waals surface area contributed by atoms with Gasteiger partial charge in [-0.3, -0.25) is 4.79 Å². The second-order valence-corrected chi connectivity index (χ2v) is 3.55. The van der Waals surface area contributed by atoms with Crippen LogP contribution in [0.1, 0.15) is 12.5 Å². The first kappa shape index (κ1) is 11.3. The summed E-state index contributed by atoms with van der Waals surface area (Å²) < 4.78 is 9.93. The number of carbonyl (C=O) groups is 1. The molecule has 0 aliphatic rings. The molecular formula is C12H11NO4. The van der Waals surface area contributed by atoms with E-state index < -0.39 is 11.6 Å². The molecule has 2 aromatic rings. The van der Waals surface area contributed by atoms with Crippen LogP contribution in [-0.2, 0) is 11.3 Å². The number of esters is 1. The van der Waals surface area contributed by atoms with E-state index in [9.17, 15) is 9.59 Å². The zero-order valence-electron chi connectivity index (χ0n) is 9.23. The van der Waals surface area contributed by atoms with E-state index >= 15 is 0 Å². The quantitative estimate of drug-likeness (QED) is 0.478. The Balaban J connectivity index is 2.61. The predicted molar refractivity (Wildman–Crippen MR) is 61.7 cm³/mol. The minimum atomic E-state index is -0.474. The molecule has 17 heavy (non-hydrogen) atoms. The van der Waals surface area contributed by atoms with Gasteiger partial charge >= 0.3 is 11.6 Å². The molecular weight excluding hydrogens is 222 g/mol. The Labute approximate surface area is 96.8 Å². The zero-order valence-corrected chi connectivity index (χ0v) is 9.23. The van der Waals surface area contributed by atoms with Crippen molar-refractivity contribution >= 4 is 16.9 Å². The van der Waals surface area contributed by atoms with Gasteiger partial charge in [0, 0.05) is 31.0 Å². The minimum Gasteiger partial charge on any atom is -0.427 e. The number of hydrogen-bond donors (Lipinski definition) is 1. The molecule has 2 rings (SSSR count). The maximum Gasteiger partial charge on any atom is 0.336 e. The van der Waals surface area contributed by atoms with Crippen LogP contribution >= 0.6 is 0 Å². The summed E-state index contributed by atoms with van der Waals surface area (Å²) in [4.78, 5) is 22.1. The molecule has 0 bridgehead atoms. The van der Waals surface area contributed by atoms with Gasteiger partial charge in [-0.25, -0.2) is 4.79 Å². The van der Waals surface area contributed by atoms with Gasteiger partial charge in [-0.05, 0) is 17.7 Å². The lowest BCUT2D eigenvalue weighted by atomic mass is 10.1. The lowest BCUT2D eigenvalue weighted by Crippen LogP contribution is -2.05. The third-order valence-corrected chi connectivity index (χ3v) is 2.28. The van der Waals surface area contributed by atoms with Crippen LogP contribution in [-0.4, -0.2) is 5.97 Å². The molecule has 0 aliphatic carbocycles. The van der Waals surface area contributed by atoms with Crippen LogP contribution in [0.25, 0.3) is 11.0 Å². The van der Waals surface area contributed by atoms with E-state index in [-0.39, 0.29) is 6.54 Å². The molecule has 0 spiro atoms. The summed E-state index contributed by atoms with van der Waals surface area (Å²) in [5, 5.41) is 0.739. The number of hydrogen-bond acceptors (Lipinski definition) is 5. The van der Waals surface area contributed by atoms with Crippen LogP contribution in [0.5, 0.6) is 5.75 Å². The van der Waals surface area contributed by atoms with E-state index in [0.29, 0.717) is 16.9 Å². The Bertz CT molecular complexity index is 630. The van der Waals surface area contributed by atoms with E-state index in [0.717, 1.165) is 5.39 Å². The Morgan fingerprint density at radius 2 is 2.18 bits per heavy atom. The van der Waals surface area contributed by atoms with Gasteiger partial charge in [0.25, 0.3) is 0 Å². The SMILES string of the molecule is CC(=O)Oc1ccc2c(CN)cc(=O)oc2c1. The molecule has 5 heteroatoms. The average molecular weight is 233 g/mol. The first-order valence-corrected chi connectivity index (χ1v) is 5.05. The smallest absolute Gasteiger partial charge is 0.336 e. The molecule has 0 aliphatic heterocycles. The molecule has 0 atom stereocenters. The van der Waals surface area contributed by atoms with Crippen molar-refractivity contribution in [1.29, 1.82) is 0 Å². The standard InChI is InChI=1S/C12H11NO4/c1-7(14)16-9-2-3-10-8(6-13)4-12(15)17-11(10)5-9/h2-5H,6,13H2,1H3. The van der Waals surface area contributed by atoms with Gasteiger partial charge < -0.3 is 14.9 Å². The van der Waals surface area contributed by atoms with Crippen LogP contribution in [0, 0.1) is 0 Å². The van der Waals surface area contributed by atoms with Gasteiger partial charge in [0.2, 0.25) is 0 Å². The highest BCUT2D eigenvalue weighted by atomic mass is 16.5. The van der Waals surface area contributed by atoms with Crippen molar-refractivity contribution in [3.8, 4) is 5.75 Å². The van der Waals surface area contributed by atoms with Gasteiger partial charge in [0.15, 0.2) is 0 Å². The largest absolute Gasteiger partial charge is 0.427 e. The first-order valence-electron chi connectivity index (χ1n) is 5.05. The topological polar surface area (TPSA) is 82.5 Å². The fraction of sp³-hybridized carbons (Fsp3) is 0.167. The fourth-order valence-electron chi connectivity index (χ4n) is 1.61. The summed E-state index contributed by atoms with van der Waals surface area (Å²) in [6.45, 7) is 1.55. The van der Waals surface area contributed by atoms with Crippen molar-refractivity contribution < 1.29 is 13.9 Å². The van der Waals surface area contributed by atoms with Crippen molar-refractivity contribution in [2.45, 2.75) is 13.5 Å². The summed E-state index contributed by atoms with van der Waals surface area (Å²) in [7, 11) is 0. The van der Waals surface area contributed by atoms with E-state index in [1.54, 1.807) is 12.1 Å². The summed E-state index contributed by atoms with van der Waals surface area (Å²) in [5.74, 6) is -0.0935. The lowest BCUT2D eigenvalue weighted by molar-refractivity contribution is -0.131. The zero-order chi connectivity index (χ0) is 12.4. The Morgan fingerprint density at radius 1 is 1.41 bits per heavy atom. The number of fused-ring (bicyclic) bond motifs is 1. The van der Waals surface area contributed by atoms with Crippen LogP contribution in [0.15, 0.2) is 33.5 Å². The maximum atomic E-state index is 11.3. The number of ether oxygens (including phenoxy) is 1. The van der Waals surface area contributed by atoms with Crippen molar-refractivity contribution in [2.24, 2.45) is 5.73 Å². The molecule has 88 valence electrons. The van der Waals surface area contributed by atoms with Crippen molar-refractivity contribution in [2.75, 3.05) is 0 Å². The third kappa shape index (κ3) is 2.34. The maximum absolute atomic E-state index is 11.3. The van der Waals surface area contributed by atoms with Gasteiger partial charge in [-0.2, -0.15) is 0 Å². The van der Waals surface area contributed by atoms with Crippen LogP contribution in [0.3, 0.4) is 0 Å². The number of nitrogens with two attached hydrogens (primary N) is 1. The third-order valence-electron chi connectivity index (χ3n) is 2.28. The van der Waals surface area contributed by atoms with Crippen LogP contribution in [0.4, 0.5) is 0 Å². The highest BCUT2D eigenvalue weighted by Gasteiger charge is 2.06. The minimum absolute atomic E-state index is 0.245. The van der Waals surface area contributed by atoms with Crippen LogP contribution < -0.4 is 16.1 Å². The van der Waals surface area contributed by atoms with E-state index in [1.807, 2.05) is 0 Å². The summed E-state index contributed by atoms with van der Waals surface area (Å²) in [5.41, 5.74) is 6.12. The summed E-state index contributed by atoms with van der Waals surface area (Å²) in [6, 6.07) is 6.19. The molecule has 0 saturated heterocycles. The predicted octanol–water partition coefficient (Wildman–Crippen LogP) is 1.18. The molecule has 0 radical (unpaired) electrons. The van der Waals surface area contributed by atoms with Gasteiger partial charge in [-0.15, -0.1) is 0 Å². The molecule has 1 heterocycles. The fourth-order valence-corrected chi connectivity index (χ4v) is 1.61. The Morgan fingerprint density at radius 3 is 2.82 bits per heavy atom. The summed E-state index contributed by atoms with van der Waals surface area (Å²) >= 11 is 0. The van der Waals surface area contributed by atoms with Gasteiger partial charge in [0.1, 0.15) is 11.3 Å². The molecule has 0 unspecified atom stereocenters. The van der Waals surface area contributed by atoms with E-state index in [2.05, 4.69) is 0 Å². The second-order valence-electron chi connectivity index (χ2n) is 3.55. The highest BCUT2D eigenvalue weighted by Crippen LogP contribution is 2.22. The molecule has 0 amide bonds. The molecule has 5 nitrogen and oxygen atoms in total. The van der Waals surface area contributed by atoms with Crippen molar-refractivity contribution in [3.05, 3.63) is 40.2 Å². The van der Waals surface area contributed by atoms with Crippen molar-refractivity contribution in [1.82, 2.24) is 0 Å². The molecule has 0 saturated carbocycles. The van der Waals surface area contributed by atoms with Gasteiger partial charge in [0.05, 0.1) is 0 Å². The molecule has 1 aromatic carbocycles. The molecule has 2 N–H and O–H groups in total. The normalized spacial score (nSPS) is 10.5. The number of benzene rings is 1. The van der Waals surface area contributed by atoms with Gasteiger partial charge in [-0.1, -0.05) is 0 Å². The number of carbonyl (C=O) groups excluding carboxylic acids is 1. The molecule has 0 fully saturated rings. The second kappa shape index (κ2) is 4.39. The van der Waals surface area contributed by atoms with E-state index in [1.165, 1.54) is 19.1 Å². The lowest BCUT2D eigenvalue weighted by Gasteiger charge is -2.05. The van der Waals surface area contributed by atoms with Crippen LogP contribution in [0.2, 0.25) is 0 Å².